The molecule has 2 fully saturated rings. The van der Waals surface area contributed by atoms with Gasteiger partial charge in [0, 0.05) is 35.4 Å². The number of hydrogen-bond acceptors (Lipinski definition) is 2. The van der Waals surface area contributed by atoms with Crippen LogP contribution in [0.1, 0.15) is 24.6 Å². The number of amides is 1. The van der Waals surface area contributed by atoms with Crippen LogP contribution in [0.5, 0.6) is 0 Å². The number of benzene rings is 1. The van der Waals surface area contributed by atoms with Crippen molar-refractivity contribution in [3.8, 4) is 0 Å². The van der Waals surface area contributed by atoms with Crippen LogP contribution in [0.15, 0.2) is 60.4 Å². The van der Waals surface area contributed by atoms with Crippen LogP contribution in [0.3, 0.4) is 0 Å². The number of allylic oxidation sites excluding steroid dienone is 3. The second-order valence-corrected chi connectivity index (χ2v) is 7.33. The number of para-hydroxylation sites is 1. The Balaban J connectivity index is 1.79. The summed E-state index contributed by atoms with van der Waals surface area (Å²) in [5, 5.41) is 1.26. The number of hydrogen-bond donors (Lipinski definition) is 1. The first-order valence-electron chi connectivity index (χ1n) is 9.24. The maximum absolute atomic E-state index is 12.8. The number of carbonyl (C=O) groups excluding carboxylic acids is 1. The minimum Gasteiger partial charge on any atom is -0.493 e. The molecule has 4 heteroatoms. The SMILES string of the molecule is C=C1/C(=C\C=C/C)OC[C@@H]2CC(=O)N3CCc4c([nH]c5ccccc45)[C@@]123. The van der Waals surface area contributed by atoms with E-state index in [9.17, 15) is 4.79 Å². The smallest absolute Gasteiger partial charge is 0.224 e. The lowest BCUT2D eigenvalue weighted by atomic mass is 9.71. The highest BCUT2D eigenvalue weighted by Gasteiger charge is 2.61. The van der Waals surface area contributed by atoms with Gasteiger partial charge in [-0.3, -0.25) is 4.79 Å². The van der Waals surface area contributed by atoms with E-state index in [-0.39, 0.29) is 11.8 Å². The summed E-state index contributed by atoms with van der Waals surface area (Å²) in [6.45, 7) is 7.68. The van der Waals surface area contributed by atoms with Crippen molar-refractivity contribution in [2.24, 2.45) is 5.92 Å². The van der Waals surface area contributed by atoms with E-state index >= 15 is 0 Å². The van der Waals surface area contributed by atoms with Crippen LogP contribution < -0.4 is 0 Å². The Kier molecular flexibility index (Phi) is 3.20. The van der Waals surface area contributed by atoms with E-state index in [1.165, 1.54) is 10.9 Å². The van der Waals surface area contributed by atoms with Crippen molar-refractivity contribution < 1.29 is 9.53 Å². The van der Waals surface area contributed by atoms with Crippen molar-refractivity contribution in [3.63, 3.8) is 0 Å². The van der Waals surface area contributed by atoms with Crippen LogP contribution >= 0.6 is 0 Å². The molecule has 132 valence electrons. The molecule has 4 heterocycles. The fourth-order valence-electron chi connectivity index (χ4n) is 5.07. The molecule has 26 heavy (non-hydrogen) atoms. The van der Waals surface area contributed by atoms with E-state index in [2.05, 4.69) is 29.8 Å². The number of fused-ring (bicyclic) bond motifs is 3. The Morgan fingerprint density at radius 3 is 3.08 bits per heavy atom. The first kappa shape index (κ1) is 15.5. The number of rotatable bonds is 1. The predicted molar refractivity (Wildman–Crippen MR) is 101 cm³/mol. The fraction of sp³-hybridized carbons (Fsp3) is 0.318. The van der Waals surface area contributed by atoms with Crippen LogP contribution in [-0.4, -0.2) is 28.9 Å². The van der Waals surface area contributed by atoms with E-state index in [0.717, 1.165) is 35.5 Å². The van der Waals surface area contributed by atoms with E-state index in [0.29, 0.717) is 13.0 Å². The van der Waals surface area contributed by atoms with Gasteiger partial charge < -0.3 is 14.6 Å². The van der Waals surface area contributed by atoms with Gasteiger partial charge in [0.05, 0.1) is 12.3 Å². The standard InChI is InChI=1S/C22H22N2O2/c1-3-4-9-19-14(2)22-15(13-26-19)12-20(25)24(22)11-10-17-16-7-5-6-8-18(16)23-21(17)22/h3-9,15,23H,2,10-13H2,1H3/b4-3-,19-9+/t15-,22+/m0/s1. The first-order chi connectivity index (χ1) is 12.7. The zero-order chi connectivity index (χ0) is 17.9. The summed E-state index contributed by atoms with van der Waals surface area (Å²) in [7, 11) is 0. The molecular weight excluding hydrogens is 324 g/mol. The molecule has 2 atom stereocenters. The maximum Gasteiger partial charge on any atom is 0.224 e. The van der Waals surface area contributed by atoms with E-state index in [1.54, 1.807) is 0 Å². The number of carbonyl (C=O) groups is 1. The molecule has 2 aromatic rings. The maximum atomic E-state index is 12.8. The van der Waals surface area contributed by atoms with Gasteiger partial charge in [-0.15, -0.1) is 0 Å². The minimum absolute atomic E-state index is 0.0948. The minimum atomic E-state index is -0.505. The molecule has 0 saturated carbocycles. The van der Waals surface area contributed by atoms with Crippen molar-refractivity contribution >= 4 is 16.8 Å². The van der Waals surface area contributed by atoms with Gasteiger partial charge in [0.15, 0.2) is 0 Å². The number of aromatic nitrogens is 1. The van der Waals surface area contributed by atoms with E-state index in [1.807, 2.05) is 36.1 Å². The van der Waals surface area contributed by atoms with Crippen molar-refractivity contribution in [2.75, 3.05) is 13.2 Å². The molecule has 0 radical (unpaired) electrons. The normalized spacial score (nSPS) is 29.2. The summed E-state index contributed by atoms with van der Waals surface area (Å²) in [4.78, 5) is 18.5. The summed E-state index contributed by atoms with van der Waals surface area (Å²) >= 11 is 0. The molecule has 3 aliphatic heterocycles. The van der Waals surface area contributed by atoms with Crippen LogP contribution in [-0.2, 0) is 21.5 Å². The molecule has 0 aliphatic carbocycles. The van der Waals surface area contributed by atoms with Crippen LogP contribution in [0.25, 0.3) is 10.9 Å². The highest BCUT2D eigenvalue weighted by atomic mass is 16.5. The molecule has 1 aromatic carbocycles. The third kappa shape index (κ3) is 1.77. The molecule has 1 aromatic heterocycles. The number of nitrogens with zero attached hydrogens (tertiary/aromatic N) is 1. The molecule has 5 rings (SSSR count). The first-order valence-corrected chi connectivity index (χ1v) is 9.24. The second-order valence-electron chi connectivity index (χ2n) is 7.33. The number of aromatic amines is 1. The Morgan fingerprint density at radius 1 is 1.38 bits per heavy atom. The van der Waals surface area contributed by atoms with Crippen LogP contribution in [0, 0.1) is 5.92 Å². The van der Waals surface area contributed by atoms with Crippen molar-refractivity contribution in [1.29, 1.82) is 0 Å². The average Bonchev–Trinajstić information content (AvgIpc) is 3.17. The quantitative estimate of drug-likeness (QED) is 0.853. The molecule has 2 saturated heterocycles. The summed E-state index contributed by atoms with van der Waals surface area (Å²) in [5.74, 6) is 1.08. The van der Waals surface area contributed by atoms with Crippen molar-refractivity contribution in [2.45, 2.75) is 25.3 Å². The van der Waals surface area contributed by atoms with Gasteiger partial charge in [-0.25, -0.2) is 0 Å². The van der Waals surface area contributed by atoms with Crippen molar-refractivity contribution in [1.82, 2.24) is 9.88 Å². The highest BCUT2D eigenvalue weighted by molar-refractivity contribution is 5.89. The van der Waals surface area contributed by atoms with Crippen LogP contribution in [0.2, 0.25) is 0 Å². The lowest BCUT2D eigenvalue weighted by Gasteiger charge is -2.49. The molecule has 4 nitrogen and oxygen atoms in total. The summed E-state index contributed by atoms with van der Waals surface area (Å²) in [6, 6.07) is 8.40. The fourth-order valence-corrected chi connectivity index (χ4v) is 5.07. The molecule has 1 spiro atoms. The van der Waals surface area contributed by atoms with Gasteiger partial charge in [-0.1, -0.05) is 36.9 Å². The number of nitrogens with one attached hydrogen (secondary N) is 1. The van der Waals surface area contributed by atoms with Gasteiger partial charge >= 0.3 is 0 Å². The molecular formula is C22H22N2O2. The zero-order valence-corrected chi connectivity index (χ0v) is 14.9. The average molecular weight is 346 g/mol. The summed E-state index contributed by atoms with van der Waals surface area (Å²) in [6.07, 6.45) is 7.30. The molecule has 3 aliphatic rings. The Bertz CT molecular complexity index is 997. The Morgan fingerprint density at radius 2 is 2.23 bits per heavy atom. The zero-order valence-electron chi connectivity index (χ0n) is 14.9. The molecule has 0 unspecified atom stereocenters. The van der Waals surface area contributed by atoms with Gasteiger partial charge in [0.2, 0.25) is 5.91 Å². The summed E-state index contributed by atoms with van der Waals surface area (Å²) < 4.78 is 6.00. The third-order valence-corrected chi connectivity index (χ3v) is 6.16. The molecule has 1 amide bonds. The van der Waals surface area contributed by atoms with Gasteiger partial charge in [-0.05, 0) is 31.1 Å². The lowest BCUT2D eigenvalue weighted by Crippen LogP contribution is -2.55. The van der Waals surface area contributed by atoms with Gasteiger partial charge in [0.1, 0.15) is 11.3 Å². The predicted octanol–water partition coefficient (Wildman–Crippen LogP) is 3.81. The summed E-state index contributed by atoms with van der Waals surface area (Å²) in [5.41, 5.74) is 3.98. The van der Waals surface area contributed by atoms with Gasteiger partial charge in [0.25, 0.3) is 0 Å². The topological polar surface area (TPSA) is 45.3 Å². The lowest BCUT2D eigenvalue weighted by molar-refractivity contribution is -0.131. The third-order valence-electron chi connectivity index (χ3n) is 6.16. The monoisotopic (exact) mass is 346 g/mol. The molecule has 1 N–H and O–H groups in total. The van der Waals surface area contributed by atoms with Crippen LogP contribution in [0.4, 0.5) is 0 Å². The highest BCUT2D eigenvalue weighted by Crippen LogP contribution is 2.56. The second kappa shape index (κ2) is 5.37. The Hall–Kier alpha value is -2.75. The van der Waals surface area contributed by atoms with Gasteiger partial charge in [-0.2, -0.15) is 0 Å². The van der Waals surface area contributed by atoms with Crippen molar-refractivity contribution in [3.05, 3.63) is 71.7 Å². The number of ether oxygens (including phenoxy) is 1. The Labute approximate surface area is 152 Å². The van der Waals surface area contributed by atoms with E-state index < -0.39 is 5.54 Å². The van der Waals surface area contributed by atoms with E-state index in [4.69, 9.17) is 4.74 Å². The molecule has 0 bridgehead atoms. The largest absolute Gasteiger partial charge is 0.493 e. The number of H-pyrrole nitrogens is 1.